The first-order valence-corrected chi connectivity index (χ1v) is 5.41. The Balaban J connectivity index is 2.54. The highest BCUT2D eigenvalue weighted by Crippen LogP contribution is 2.26. The van der Waals surface area contributed by atoms with E-state index in [2.05, 4.69) is 16.4 Å². The van der Waals surface area contributed by atoms with Crippen molar-refractivity contribution in [1.29, 1.82) is 0 Å². The normalized spacial score (nSPS) is 10.7. The number of nitrogens with zero attached hydrogens (tertiary/aromatic N) is 3. The molecular formula is C9H12N4S. The van der Waals surface area contributed by atoms with E-state index in [0.717, 1.165) is 17.9 Å². The van der Waals surface area contributed by atoms with Gasteiger partial charge in [0.05, 0.1) is 4.88 Å². The molecule has 0 amide bonds. The molecule has 2 heterocycles. The quantitative estimate of drug-likeness (QED) is 0.831. The van der Waals surface area contributed by atoms with E-state index in [-0.39, 0.29) is 0 Å². The van der Waals surface area contributed by atoms with Crippen LogP contribution in [0, 0.1) is 0 Å². The Morgan fingerprint density at radius 2 is 2.43 bits per heavy atom. The maximum Gasteiger partial charge on any atom is 0.105 e. The summed E-state index contributed by atoms with van der Waals surface area (Å²) < 4.78 is 1.88. The first-order chi connectivity index (χ1) is 6.86. The fourth-order valence-corrected chi connectivity index (χ4v) is 2.19. The molecule has 0 saturated heterocycles. The van der Waals surface area contributed by atoms with Crippen molar-refractivity contribution >= 4 is 11.3 Å². The molecule has 0 saturated carbocycles. The van der Waals surface area contributed by atoms with E-state index in [0.29, 0.717) is 6.54 Å². The zero-order chi connectivity index (χ0) is 9.97. The van der Waals surface area contributed by atoms with E-state index in [4.69, 9.17) is 5.73 Å². The van der Waals surface area contributed by atoms with Gasteiger partial charge in [0.25, 0.3) is 0 Å². The monoisotopic (exact) mass is 208 g/mol. The van der Waals surface area contributed by atoms with Gasteiger partial charge in [0, 0.05) is 13.1 Å². The molecule has 2 N–H and O–H groups in total. The number of nitrogens with two attached hydrogens (primary N) is 1. The third kappa shape index (κ3) is 1.44. The minimum atomic E-state index is 0.438. The zero-order valence-electron chi connectivity index (χ0n) is 7.97. The largest absolute Gasteiger partial charge is 0.325 e. The van der Waals surface area contributed by atoms with Gasteiger partial charge in [0.2, 0.25) is 0 Å². The number of hydrogen-bond acceptors (Lipinski definition) is 4. The molecule has 0 spiro atoms. The summed E-state index contributed by atoms with van der Waals surface area (Å²) in [6.07, 6.45) is 0. The summed E-state index contributed by atoms with van der Waals surface area (Å²) in [5.41, 5.74) is 7.54. The topological polar surface area (TPSA) is 56.7 Å². The molecule has 2 aromatic heterocycles. The Kier molecular flexibility index (Phi) is 2.60. The Hall–Kier alpha value is -1.20. The second-order valence-corrected chi connectivity index (χ2v) is 3.83. The van der Waals surface area contributed by atoms with E-state index < -0.39 is 0 Å². The maximum absolute atomic E-state index is 5.61. The van der Waals surface area contributed by atoms with Crippen molar-refractivity contribution < 1.29 is 0 Å². The summed E-state index contributed by atoms with van der Waals surface area (Å²) in [5, 5.41) is 10.2. The lowest BCUT2D eigenvalue weighted by molar-refractivity contribution is 0.632. The van der Waals surface area contributed by atoms with Crippen LogP contribution < -0.4 is 5.73 Å². The van der Waals surface area contributed by atoms with Crippen LogP contribution in [0.4, 0.5) is 0 Å². The standard InChI is InChI=1S/C9H12N4S/c1-2-13-9(7(6-10)11-12-13)8-4-3-5-14-8/h3-5H,2,6,10H2,1H3. The lowest BCUT2D eigenvalue weighted by atomic mass is 10.2. The van der Waals surface area contributed by atoms with E-state index in [9.17, 15) is 0 Å². The fraction of sp³-hybridized carbons (Fsp3) is 0.333. The predicted octanol–water partition coefficient (Wildman–Crippen LogP) is 1.49. The summed E-state index contributed by atoms with van der Waals surface area (Å²) >= 11 is 1.68. The molecule has 0 unspecified atom stereocenters. The van der Waals surface area contributed by atoms with Crippen molar-refractivity contribution in [3.63, 3.8) is 0 Å². The molecule has 0 radical (unpaired) electrons. The van der Waals surface area contributed by atoms with E-state index in [1.165, 1.54) is 4.88 Å². The van der Waals surface area contributed by atoms with Crippen LogP contribution >= 0.6 is 11.3 Å². The van der Waals surface area contributed by atoms with Gasteiger partial charge in [-0.2, -0.15) is 0 Å². The van der Waals surface area contributed by atoms with Crippen LogP contribution in [-0.2, 0) is 13.1 Å². The lowest BCUT2D eigenvalue weighted by Crippen LogP contribution is -2.01. The smallest absolute Gasteiger partial charge is 0.105 e. The third-order valence-electron chi connectivity index (χ3n) is 2.05. The average Bonchev–Trinajstić information content (AvgIpc) is 2.85. The highest BCUT2D eigenvalue weighted by Gasteiger charge is 2.12. The molecule has 0 fully saturated rings. The van der Waals surface area contributed by atoms with Crippen LogP contribution in [0.15, 0.2) is 17.5 Å². The molecule has 2 rings (SSSR count). The van der Waals surface area contributed by atoms with Crippen molar-refractivity contribution in [2.24, 2.45) is 5.73 Å². The van der Waals surface area contributed by atoms with Crippen molar-refractivity contribution in [2.75, 3.05) is 0 Å². The van der Waals surface area contributed by atoms with Gasteiger partial charge in [-0.25, -0.2) is 4.68 Å². The highest BCUT2D eigenvalue weighted by molar-refractivity contribution is 7.13. The van der Waals surface area contributed by atoms with Gasteiger partial charge in [-0.15, -0.1) is 16.4 Å². The van der Waals surface area contributed by atoms with Gasteiger partial charge in [-0.1, -0.05) is 11.3 Å². The summed E-state index contributed by atoms with van der Waals surface area (Å²) in [6, 6.07) is 4.09. The molecule has 74 valence electrons. The van der Waals surface area contributed by atoms with Crippen molar-refractivity contribution in [3.8, 4) is 10.6 Å². The third-order valence-corrected chi connectivity index (χ3v) is 2.93. The van der Waals surface area contributed by atoms with E-state index in [1.807, 2.05) is 23.1 Å². The van der Waals surface area contributed by atoms with Crippen LogP contribution in [0.1, 0.15) is 12.6 Å². The summed E-state index contributed by atoms with van der Waals surface area (Å²) in [6.45, 7) is 3.31. The second-order valence-electron chi connectivity index (χ2n) is 2.88. The van der Waals surface area contributed by atoms with Gasteiger partial charge >= 0.3 is 0 Å². The Bertz CT molecular complexity index is 383. The summed E-state index contributed by atoms with van der Waals surface area (Å²) in [5.74, 6) is 0. The summed E-state index contributed by atoms with van der Waals surface area (Å²) in [7, 11) is 0. The van der Waals surface area contributed by atoms with Crippen LogP contribution in [0.5, 0.6) is 0 Å². The molecule has 4 nitrogen and oxygen atoms in total. The van der Waals surface area contributed by atoms with Crippen LogP contribution in [0.2, 0.25) is 0 Å². The molecular weight excluding hydrogens is 196 g/mol. The number of aromatic nitrogens is 3. The number of rotatable bonds is 3. The van der Waals surface area contributed by atoms with E-state index in [1.54, 1.807) is 11.3 Å². The van der Waals surface area contributed by atoms with Crippen LogP contribution in [-0.4, -0.2) is 15.0 Å². The van der Waals surface area contributed by atoms with Gasteiger partial charge < -0.3 is 5.73 Å². The molecule has 0 aliphatic carbocycles. The molecule has 0 aliphatic heterocycles. The van der Waals surface area contributed by atoms with Gasteiger partial charge in [0.15, 0.2) is 0 Å². The number of thiophene rings is 1. The SMILES string of the molecule is CCn1nnc(CN)c1-c1cccs1. The summed E-state index contributed by atoms with van der Waals surface area (Å²) in [4.78, 5) is 1.18. The minimum absolute atomic E-state index is 0.438. The Morgan fingerprint density at radius 1 is 1.57 bits per heavy atom. The molecule has 2 aromatic rings. The average molecular weight is 208 g/mol. The second kappa shape index (κ2) is 3.89. The Morgan fingerprint density at radius 3 is 3.00 bits per heavy atom. The number of hydrogen-bond donors (Lipinski definition) is 1. The Labute approximate surface area is 86.4 Å². The molecule has 0 atom stereocenters. The maximum atomic E-state index is 5.61. The fourth-order valence-electron chi connectivity index (χ4n) is 1.39. The van der Waals surface area contributed by atoms with Gasteiger partial charge in [0.1, 0.15) is 11.4 Å². The molecule has 0 bridgehead atoms. The molecule has 5 heteroatoms. The van der Waals surface area contributed by atoms with Crippen LogP contribution in [0.25, 0.3) is 10.6 Å². The van der Waals surface area contributed by atoms with E-state index >= 15 is 0 Å². The highest BCUT2D eigenvalue weighted by atomic mass is 32.1. The lowest BCUT2D eigenvalue weighted by Gasteiger charge is -2.01. The first kappa shape index (κ1) is 9.36. The number of aryl methyl sites for hydroxylation is 1. The van der Waals surface area contributed by atoms with Crippen molar-refractivity contribution in [1.82, 2.24) is 15.0 Å². The van der Waals surface area contributed by atoms with Crippen molar-refractivity contribution in [2.45, 2.75) is 20.0 Å². The molecule has 0 aliphatic rings. The molecule has 14 heavy (non-hydrogen) atoms. The minimum Gasteiger partial charge on any atom is -0.325 e. The predicted molar refractivity (Wildman–Crippen MR) is 56.9 cm³/mol. The van der Waals surface area contributed by atoms with Crippen molar-refractivity contribution in [3.05, 3.63) is 23.2 Å². The zero-order valence-corrected chi connectivity index (χ0v) is 8.79. The molecule has 0 aromatic carbocycles. The van der Waals surface area contributed by atoms with Gasteiger partial charge in [-0.3, -0.25) is 0 Å². The van der Waals surface area contributed by atoms with Crippen LogP contribution in [0.3, 0.4) is 0 Å². The van der Waals surface area contributed by atoms with Gasteiger partial charge in [-0.05, 0) is 18.4 Å². The first-order valence-electron chi connectivity index (χ1n) is 4.53.